The molecule has 1 aliphatic heterocycles. The van der Waals surface area contributed by atoms with Gasteiger partial charge in [0.2, 0.25) is 10.0 Å². The molecule has 3 rings (SSSR count). The normalized spacial score (nSPS) is 21.2. The van der Waals surface area contributed by atoms with Crippen LogP contribution in [0.25, 0.3) is 0 Å². The average Bonchev–Trinajstić information content (AvgIpc) is 2.73. The summed E-state index contributed by atoms with van der Waals surface area (Å²) in [7, 11) is -3.70. The molecule has 0 bridgehead atoms. The molecule has 3 atom stereocenters. The minimum Gasteiger partial charge on any atom is -0.373 e. The van der Waals surface area contributed by atoms with Gasteiger partial charge in [-0.25, -0.2) is 8.42 Å². The molecule has 0 radical (unpaired) electrons. The lowest BCUT2D eigenvalue weighted by molar-refractivity contribution is -0.0440. The van der Waals surface area contributed by atoms with Gasteiger partial charge in [-0.05, 0) is 56.4 Å². The first-order chi connectivity index (χ1) is 15.0. The van der Waals surface area contributed by atoms with Crippen molar-refractivity contribution in [1.82, 2.24) is 9.62 Å². The summed E-state index contributed by atoms with van der Waals surface area (Å²) in [5, 5.41) is 3.03. The van der Waals surface area contributed by atoms with Crippen LogP contribution in [0.2, 0.25) is 0 Å². The summed E-state index contributed by atoms with van der Waals surface area (Å²) in [6.45, 7) is 10.6. The zero-order valence-corrected chi connectivity index (χ0v) is 20.4. The quantitative estimate of drug-likeness (QED) is 0.681. The van der Waals surface area contributed by atoms with E-state index in [2.05, 4.69) is 31.3 Å². The molecule has 174 valence electrons. The van der Waals surface area contributed by atoms with E-state index in [9.17, 15) is 13.2 Å². The Hall–Kier alpha value is -2.22. The lowest BCUT2D eigenvalue weighted by atomic mass is 9.79. The molecule has 3 unspecified atom stereocenters. The zero-order chi connectivity index (χ0) is 23.5. The fourth-order valence-electron chi connectivity index (χ4n) is 4.40. The maximum atomic E-state index is 13.2. The highest BCUT2D eigenvalue weighted by Crippen LogP contribution is 2.28. The number of hydrogen-bond acceptors (Lipinski definition) is 4. The van der Waals surface area contributed by atoms with Gasteiger partial charge in [-0.3, -0.25) is 4.79 Å². The summed E-state index contributed by atoms with van der Waals surface area (Å²) < 4.78 is 33.4. The predicted octanol–water partition coefficient (Wildman–Crippen LogP) is 3.97. The number of morpholine rings is 1. The number of amides is 1. The molecule has 7 heteroatoms. The molecule has 1 heterocycles. The molecule has 0 aliphatic carbocycles. The van der Waals surface area contributed by atoms with Crippen molar-refractivity contribution >= 4 is 15.9 Å². The summed E-state index contributed by atoms with van der Waals surface area (Å²) in [5.74, 6) is -0.276. The van der Waals surface area contributed by atoms with E-state index in [0.29, 0.717) is 18.7 Å². The van der Waals surface area contributed by atoms with Crippen molar-refractivity contribution in [2.24, 2.45) is 0 Å². The number of nitrogens with one attached hydrogen (secondary N) is 1. The van der Waals surface area contributed by atoms with Crippen LogP contribution in [0.4, 0.5) is 0 Å². The summed E-state index contributed by atoms with van der Waals surface area (Å²) in [4.78, 5) is 13.0. The first kappa shape index (κ1) is 24.4. The Balaban J connectivity index is 1.71. The average molecular weight is 459 g/mol. The molecule has 2 aromatic carbocycles. The summed E-state index contributed by atoms with van der Waals surface area (Å²) in [5.41, 5.74) is 1.44. The van der Waals surface area contributed by atoms with Crippen molar-refractivity contribution < 1.29 is 17.9 Å². The molecular formula is C25H34N2O4S. The second kappa shape index (κ2) is 9.73. The smallest absolute Gasteiger partial charge is 0.251 e. The lowest BCUT2D eigenvalue weighted by Gasteiger charge is -2.34. The van der Waals surface area contributed by atoms with Crippen LogP contribution in [0.15, 0.2) is 59.5 Å². The fraction of sp³-hybridized carbons (Fsp3) is 0.480. The molecule has 1 aliphatic rings. The van der Waals surface area contributed by atoms with Gasteiger partial charge in [0.1, 0.15) is 0 Å². The molecule has 0 spiro atoms. The second-order valence-corrected chi connectivity index (χ2v) is 11.4. The van der Waals surface area contributed by atoms with Gasteiger partial charge in [0.05, 0.1) is 17.1 Å². The Bertz CT molecular complexity index is 1030. The summed E-state index contributed by atoms with van der Waals surface area (Å²) in [6.07, 6.45) is 0.409. The van der Waals surface area contributed by atoms with Crippen LogP contribution in [-0.4, -0.2) is 50.0 Å². The SMILES string of the molecule is CC(CC(C)(C)c1ccccc1)NC(=O)c1cccc(S(=O)(=O)N2CC(C)OC(C)C2)c1. The minimum atomic E-state index is -3.70. The molecule has 1 amide bonds. The van der Waals surface area contributed by atoms with E-state index in [1.54, 1.807) is 18.2 Å². The van der Waals surface area contributed by atoms with E-state index in [0.717, 1.165) is 6.42 Å². The van der Waals surface area contributed by atoms with Gasteiger partial charge in [0.15, 0.2) is 0 Å². The molecule has 32 heavy (non-hydrogen) atoms. The Labute approximate surface area is 192 Å². The summed E-state index contributed by atoms with van der Waals surface area (Å²) in [6, 6.07) is 16.4. The van der Waals surface area contributed by atoms with Crippen molar-refractivity contribution in [3.05, 3.63) is 65.7 Å². The molecule has 1 fully saturated rings. The number of carbonyl (C=O) groups is 1. The maximum Gasteiger partial charge on any atom is 0.251 e. The van der Waals surface area contributed by atoms with Gasteiger partial charge in [-0.2, -0.15) is 4.31 Å². The number of hydrogen-bond donors (Lipinski definition) is 1. The first-order valence-electron chi connectivity index (χ1n) is 11.1. The van der Waals surface area contributed by atoms with E-state index in [1.165, 1.54) is 15.9 Å². The molecular weight excluding hydrogens is 424 g/mol. The van der Waals surface area contributed by atoms with Gasteiger partial charge in [0.25, 0.3) is 5.91 Å². The van der Waals surface area contributed by atoms with Crippen molar-refractivity contribution in [1.29, 1.82) is 0 Å². The zero-order valence-electron chi connectivity index (χ0n) is 19.5. The Kier molecular flexibility index (Phi) is 7.43. The number of carbonyl (C=O) groups excluding carboxylic acids is 1. The second-order valence-electron chi connectivity index (χ2n) is 9.44. The third-order valence-electron chi connectivity index (χ3n) is 5.87. The van der Waals surface area contributed by atoms with Crippen molar-refractivity contribution in [2.45, 2.75) is 69.6 Å². The lowest BCUT2D eigenvalue weighted by Crippen LogP contribution is -2.48. The number of rotatable bonds is 7. The highest BCUT2D eigenvalue weighted by molar-refractivity contribution is 7.89. The standard InChI is InChI=1S/C25H34N2O4S/c1-18(15-25(4,5)22-11-7-6-8-12-22)26-24(28)21-10-9-13-23(14-21)32(29,30)27-16-19(2)31-20(3)17-27/h6-14,18-20H,15-17H2,1-5H3,(H,26,28). The van der Waals surface area contributed by atoms with Crippen LogP contribution in [-0.2, 0) is 20.2 Å². The van der Waals surface area contributed by atoms with E-state index < -0.39 is 10.0 Å². The van der Waals surface area contributed by atoms with E-state index in [-0.39, 0.29) is 34.5 Å². The number of benzene rings is 2. The molecule has 6 nitrogen and oxygen atoms in total. The Morgan fingerprint density at radius 2 is 1.72 bits per heavy atom. The Morgan fingerprint density at radius 3 is 2.34 bits per heavy atom. The van der Waals surface area contributed by atoms with Crippen molar-refractivity contribution in [2.75, 3.05) is 13.1 Å². The van der Waals surface area contributed by atoms with Crippen LogP contribution in [0.5, 0.6) is 0 Å². The molecule has 0 saturated carbocycles. The fourth-order valence-corrected chi connectivity index (χ4v) is 6.04. The van der Waals surface area contributed by atoms with Crippen LogP contribution in [0, 0.1) is 0 Å². The van der Waals surface area contributed by atoms with E-state index >= 15 is 0 Å². The highest BCUT2D eigenvalue weighted by atomic mass is 32.2. The number of sulfonamides is 1. The van der Waals surface area contributed by atoms with Crippen LogP contribution in [0.1, 0.15) is 57.0 Å². The van der Waals surface area contributed by atoms with Crippen molar-refractivity contribution in [3.8, 4) is 0 Å². The van der Waals surface area contributed by atoms with Gasteiger partial charge in [-0.1, -0.05) is 50.2 Å². The van der Waals surface area contributed by atoms with Gasteiger partial charge in [-0.15, -0.1) is 0 Å². The van der Waals surface area contributed by atoms with E-state index in [4.69, 9.17) is 4.74 Å². The van der Waals surface area contributed by atoms with Crippen molar-refractivity contribution in [3.63, 3.8) is 0 Å². The third-order valence-corrected chi connectivity index (χ3v) is 7.70. The summed E-state index contributed by atoms with van der Waals surface area (Å²) >= 11 is 0. The van der Waals surface area contributed by atoms with Crippen LogP contribution in [0.3, 0.4) is 0 Å². The molecule has 1 saturated heterocycles. The van der Waals surface area contributed by atoms with Crippen LogP contribution >= 0.6 is 0 Å². The number of ether oxygens (including phenoxy) is 1. The van der Waals surface area contributed by atoms with E-state index in [1.807, 2.05) is 39.0 Å². The minimum absolute atomic E-state index is 0.0843. The first-order valence-corrected chi connectivity index (χ1v) is 12.5. The Morgan fingerprint density at radius 1 is 1.09 bits per heavy atom. The maximum absolute atomic E-state index is 13.2. The third kappa shape index (κ3) is 5.77. The van der Waals surface area contributed by atoms with Gasteiger partial charge in [0, 0.05) is 24.7 Å². The van der Waals surface area contributed by atoms with Crippen LogP contribution < -0.4 is 5.32 Å². The predicted molar refractivity (Wildman–Crippen MR) is 126 cm³/mol. The highest BCUT2D eigenvalue weighted by Gasteiger charge is 2.32. The molecule has 0 aromatic heterocycles. The molecule has 1 N–H and O–H groups in total. The molecule has 2 aromatic rings. The topological polar surface area (TPSA) is 75.7 Å². The number of nitrogens with zero attached hydrogens (tertiary/aromatic N) is 1. The largest absolute Gasteiger partial charge is 0.373 e. The van der Waals surface area contributed by atoms with Gasteiger partial charge < -0.3 is 10.1 Å². The monoisotopic (exact) mass is 458 g/mol. The van der Waals surface area contributed by atoms with Gasteiger partial charge >= 0.3 is 0 Å².